The highest BCUT2D eigenvalue weighted by atomic mass is 19.4. The van der Waals surface area contributed by atoms with Gasteiger partial charge in [-0.3, -0.25) is 9.78 Å². The lowest BCUT2D eigenvalue weighted by Gasteiger charge is -2.39. The molecule has 1 aromatic heterocycles. The number of halogens is 3. The van der Waals surface area contributed by atoms with E-state index in [0.29, 0.717) is 22.7 Å². The van der Waals surface area contributed by atoms with Crippen LogP contribution >= 0.6 is 0 Å². The molecular formula is C22H28F3N5O2. The molecule has 1 unspecified atom stereocenters. The van der Waals surface area contributed by atoms with Gasteiger partial charge in [-0.05, 0) is 24.6 Å². The Balaban J connectivity index is 1.82. The summed E-state index contributed by atoms with van der Waals surface area (Å²) in [5, 5.41) is 18.2. The van der Waals surface area contributed by atoms with Crippen molar-refractivity contribution < 1.29 is 23.1 Å². The molecular weight excluding hydrogens is 423 g/mol. The van der Waals surface area contributed by atoms with Gasteiger partial charge < -0.3 is 15.3 Å². The van der Waals surface area contributed by atoms with Gasteiger partial charge >= 0.3 is 6.18 Å². The van der Waals surface area contributed by atoms with Gasteiger partial charge in [-0.15, -0.1) is 0 Å². The normalized spacial score (nSPS) is 21.2. The zero-order valence-corrected chi connectivity index (χ0v) is 18.2. The third kappa shape index (κ3) is 4.95. The first kappa shape index (κ1) is 23.8. The van der Waals surface area contributed by atoms with E-state index in [0.717, 1.165) is 25.7 Å². The van der Waals surface area contributed by atoms with Crippen LogP contribution in [0.15, 0.2) is 53.2 Å². The molecule has 0 saturated carbocycles. The standard InChI is InChI=1S/C22H28F3N5O2/c1-3-4-5-6-12-27-20(31)17-9-10-19(29(2)15-17)30-21(32,22(23,24)25)13-18(28-30)16-8-7-11-26-14-16/h7-11,14,32H,3-6,12-13,15H2,1-2H3,(H,27,31). The van der Waals surface area contributed by atoms with Crippen molar-refractivity contribution in [1.29, 1.82) is 0 Å². The lowest BCUT2D eigenvalue weighted by molar-refractivity contribution is -0.304. The molecule has 3 heterocycles. The second-order valence-electron chi connectivity index (χ2n) is 7.98. The predicted molar refractivity (Wildman–Crippen MR) is 114 cm³/mol. The van der Waals surface area contributed by atoms with Crippen LogP contribution in [0.3, 0.4) is 0 Å². The summed E-state index contributed by atoms with van der Waals surface area (Å²) in [5.41, 5.74) is -2.30. The van der Waals surface area contributed by atoms with Crippen molar-refractivity contribution in [3.8, 4) is 0 Å². The average molecular weight is 451 g/mol. The lowest BCUT2D eigenvalue weighted by atomic mass is 10.0. The molecule has 2 aliphatic heterocycles. The molecule has 0 bridgehead atoms. The van der Waals surface area contributed by atoms with E-state index in [1.165, 1.54) is 29.4 Å². The number of hydrogen-bond donors (Lipinski definition) is 2. The van der Waals surface area contributed by atoms with E-state index in [9.17, 15) is 23.1 Å². The molecule has 174 valence electrons. The Labute approximate surface area is 185 Å². The maximum Gasteiger partial charge on any atom is 0.438 e. The van der Waals surface area contributed by atoms with Crippen molar-refractivity contribution >= 4 is 11.6 Å². The van der Waals surface area contributed by atoms with E-state index in [-0.39, 0.29) is 24.0 Å². The molecule has 0 aromatic carbocycles. The van der Waals surface area contributed by atoms with Gasteiger partial charge in [0.15, 0.2) is 0 Å². The van der Waals surface area contributed by atoms with E-state index >= 15 is 0 Å². The first-order chi connectivity index (χ1) is 15.2. The van der Waals surface area contributed by atoms with Crippen LogP contribution < -0.4 is 5.32 Å². The monoisotopic (exact) mass is 451 g/mol. The number of rotatable bonds is 8. The molecule has 1 aromatic rings. The smallest absolute Gasteiger partial charge is 0.362 e. The van der Waals surface area contributed by atoms with Crippen LogP contribution in [0.5, 0.6) is 0 Å². The number of likely N-dealkylation sites (N-methyl/N-ethyl adjacent to an activating group) is 1. The van der Waals surface area contributed by atoms with Crippen molar-refractivity contribution in [2.45, 2.75) is 50.9 Å². The van der Waals surface area contributed by atoms with E-state index in [4.69, 9.17) is 0 Å². The maximum absolute atomic E-state index is 13.9. The fourth-order valence-electron chi connectivity index (χ4n) is 3.64. The van der Waals surface area contributed by atoms with E-state index in [2.05, 4.69) is 22.3 Å². The summed E-state index contributed by atoms with van der Waals surface area (Å²) in [6, 6.07) is 3.18. The van der Waals surface area contributed by atoms with Gasteiger partial charge in [0.25, 0.3) is 5.72 Å². The summed E-state index contributed by atoms with van der Waals surface area (Å²) in [5.74, 6) is -0.209. The number of carbonyl (C=O) groups excluding carboxylic acids is 1. The number of pyridine rings is 1. The van der Waals surface area contributed by atoms with Gasteiger partial charge in [0, 0.05) is 43.7 Å². The van der Waals surface area contributed by atoms with Crippen LogP contribution in [-0.4, -0.2) is 63.7 Å². The molecule has 0 saturated heterocycles. The highest BCUT2D eigenvalue weighted by molar-refractivity contribution is 6.02. The summed E-state index contributed by atoms with van der Waals surface area (Å²) >= 11 is 0. The zero-order valence-electron chi connectivity index (χ0n) is 18.2. The van der Waals surface area contributed by atoms with Gasteiger partial charge in [-0.1, -0.05) is 32.3 Å². The largest absolute Gasteiger partial charge is 0.438 e. The van der Waals surface area contributed by atoms with Crippen molar-refractivity contribution in [2.75, 3.05) is 20.1 Å². The van der Waals surface area contributed by atoms with Crippen LogP contribution in [0.25, 0.3) is 0 Å². The molecule has 2 aliphatic rings. The molecule has 0 fully saturated rings. The van der Waals surface area contributed by atoms with Crippen LogP contribution in [0.1, 0.15) is 44.6 Å². The van der Waals surface area contributed by atoms with Gasteiger partial charge in [0.1, 0.15) is 5.82 Å². The minimum Gasteiger partial charge on any atom is -0.362 e. The van der Waals surface area contributed by atoms with Crippen molar-refractivity contribution in [3.63, 3.8) is 0 Å². The van der Waals surface area contributed by atoms with Gasteiger partial charge in [0.05, 0.1) is 12.1 Å². The first-order valence-corrected chi connectivity index (χ1v) is 10.6. The molecule has 0 radical (unpaired) electrons. The molecule has 1 atom stereocenters. The van der Waals surface area contributed by atoms with Crippen molar-refractivity contribution in [2.24, 2.45) is 5.10 Å². The molecule has 10 heteroatoms. The maximum atomic E-state index is 13.9. The summed E-state index contributed by atoms with van der Waals surface area (Å²) in [7, 11) is 1.56. The molecule has 1 amide bonds. The molecule has 32 heavy (non-hydrogen) atoms. The number of hydrogen-bond acceptors (Lipinski definition) is 6. The van der Waals surface area contributed by atoms with Crippen LogP contribution in [-0.2, 0) is 4.79 Å². The second kappa shape index (κ2) is 9.72. The third-order valence-corrected chi connectivity index (χ3v) is 5.49. The van der Waals surface area contributed by atoms with Crippen molar-refractivity contribution in [3.05, 3.63) is 53.6 Å². The highest BCUT2D eigenvalue weighted by Gasteiger charge is 2.62. The lowest BCUT2D eigenvalue weighted by Crippen LogP contribution is -2.56. The number of aliphatic hydroxyl groups is 1. The molecule has 0 aliphatic carbocycles. The van der Waals surface area contributed by atoms with Gasteiger partial charge in [0.2, 0.25) is 5.91 Å². The van der Waals surface area contributed by atoms with Crippen molar-refractivity contribution in [1.82, 2.24) is 20.2 Å². The molecule has 3 rings (SSSR count). The third-order valence-electron chi connectivity index (χ3n) is 5.49. The number of unbranched alkanes of at least 4 members (excludes halogenated alkanes) is 3. The number of nitrogens with one attached hydrogen (secondary N) is 1. The summed E-state index contributed by atoms with van der Waals surface area (Å²) in [6.07, 6.45) is 4.18. The van der Waals surface area contributed by atoms with Gasteiger partial charge in [-0.25, -0.2) is 5.01 Å². The number of hydrazone groups is 1. The predicted octanol–water partition coefficient (Wildman–Crippen LogP) is 3.15. The quantitative estimate of drug-likeness (QED) is 0.594. The SMILES string of the molecule is CCCCCCNC(=O)C1=CC=C(N2N=C(c3cccnc3)CC2(O)C(F)(F)F)N(C)C1. The van der Waals surface area contributed by atoms with E-state index < -0.39 is 18.3 Å². The number of aromatic nitrogens is 1. The van der Waals surface area contributed by atoms with E-state index in [1.807, 2.05) is 0 Å². The summed E-state index contributed by atoms with van der Waals surface area (Å²) in [6.45, 7) is 2.75. The summed E-state index contributed by atoms with van der Waals surface area (Å²) < 4.78 is 41.7. The Bertz CT molecular complexity index is 914. The Hall–Kier alpha value is -2.88. The number of allylic oxidation sites excluding steroid dienone is 2. The molecule has 7 nitrogen and oxygen atoms in total. The van der Waals surface area contributed by atoms with Gasteiger partial charge in [-0.2, -0.15) is 18.3 Å². The fraction of sp³-hybridized carbons (Fsp3) is 0.500. The topological polar surface area (TPSA) is 81.1 Å². The number of nitrogens with zero attached hydrogens (tertiary/aromatic N) is 4. The van der Waals surface area contributed by atoms with E-state index in [1.54, 1.807) is 19.2 Å². The molecule has 2 N–H and O–H groups in total. The second-order valence-corrected chi connectivity index (χ2v) is 7.98. The van der Waals surface area contributed by atoms with Crippen LogP contribution in [0.4, 0.5) is 13.2 Å². The van der Waals surface area contributed by atoms with Crippen LogP contribution in [0, 0.1) is 0 Å². The minimum absolute atomic E-state index is 0.0446. The zero-order chi connectivity index (χ0) is 23.4. The number of amides is 1. The first-order valence-electron chi connectivity index (χ1n) is 10.6. The average Bonchev–Trinajstić information content (AvgIpc) is 3.12. The Morgan fingerprint density at radius 1 is 1.28 bits per heavy atom. The van der Waals surface area contributed by atoms with Crippen LogP contribution in [0.2, 0.25) is 0 Å². The number of alkyl halides is 3. The molecule has 0 spiro atoms. The highest BCUT2D eigenvalue weighted by Crippen LogP contribution is 2.44. The Kier molecular flexibility index (Phi) is 7.22. The number of carbonyl (C=O) groups is 1. The minimum atomic E-state index is -4.96. The summed E-state index contributed by atoms with van der Waals surface area (Å²) in [4.78, 5) is 17.8. The fourth-order valence-corrected chi connectivity index (χ4v) is 3.64. The Morgan fingerprint density at radius 2 is 2.06 bits per heavy atom. The Morgan fingerprint density at radius 3 is 2.69 bits per heavy atom.